The predicted octanol–water partition coefficient (Wildman–Crippen LogP) is 2.75. The molecule has 0 aromatic heterocycles. The molecule has 2 N–H and O–H groups in total. The Labute approximate surface area is 143 Å². The molecule has 0 aliphatic carbocycles. The first kappa shape index (κ1) is 19.4. The number of benzene rings is 1. The van der Waals surface area contributed by atoms with E-state index < -0.39 is 0 Å². The quantitative estimate of drug-likeness (QED) is 0.535. The molecule has 1 rings (SSSR count). The molecule has 128 valence electrons. The van der Waals surface area contributed by atoms with Gasteiger partial charge in [0.2, 0.25) is 0 Å². The molecule has 5 nitrogen and oxygen atoms in total. The summed E-state index contributed by atoms with van der Waals surface area (Å²) in [5.74, 6) is 1.03. The zero-order valence-electron chi connectivity index (χ0n) is 14.1. The van der Waals surface area contributed by atoms with Crippen LogP contribution in [0.3, 0.4) is 0 Å². The van der Waals surface area contributed by atoms with Gasteiger partial charge >= 0.3 is 0 Å². The van der Waals surface area contributed by atoms with E-state index in [1.165, 1.54) is 0 Å². The molecule has 0 aliphatic rings. The second-order valence-corrected chi connectivity index (χ2v) is 6.02. The fourth-order valence-corrected chi connectivity index (χ4v) is 1.97. The van der Waals surface area contributed by atoms with Gasteiger partial charge in [0.1, 0.15) is 5.75 Å². The van der Waals surface area contributed by atoms with Crippen molar-refractivity contribution in [1.29, 1.82) is 0 Å². The normalized spacial score (nSPS) is 10.4. The van der Waals surface area contributed by atoms with Crippen molar-refractivity contribution in [1.82, 2.24) is 10.6 Å². The first-order valence-corrected chi connectivity index (χ1v) is 8.24. The van der Waals surface area contributed by atoms with Crippen molar-refractivity contribution >= 4 is 23.2 Å². The van der Waals surface area contributed by atoms with Gasteiger partial charge in [0.05, 0.1) is 6.61 Å². The van der Waals surface area contributed by atoms with Crippen LogP contribution < -0.4 is 15.4 Å². The second-order valence-electron chi connectivity index (χ2n) is 5.62. The Balaban J connectivity index is 2.44. The lowest BCUT2D eigenvalue weighted by atomic mass is 10.1. The maximum Gasteiger partial charge on any atom is 0.257 e. The van der Waals surface area contributed by atoms with Crippen molar-refractivity contribution in [3.8, 4) is 5.75 Å². The van der Waals surface area contributed by atoms with Crippen LogP contribution >= 0.6 is 12.2 Å². The third-order valence-electron chi connectivity index (χ3n) is 3.10. The molecule has 0 saturated carbocycles. The lowest BCUT2D eigenvalue weighted by molar-refractivity contribution is 0.0976. The van der Waals surface area contributed by atoms with E-state index in [-0.39, 0.29) is 5.91 Å². The van der Waals surface area contributed by atoms with E-state index in [2.05, 4.69) is 24.5 Å². The highest BCUT2D eigenvalue weighted by molar-refractivity contribution is 7.80. The summed E-state index contributed by atoms with van der Waals surface area (Å²) < 4.78 is 10.6. The Kier molecular flexibility index (Phi) is 9.24. The van der Waals surface area contributed by atoms with Crippen LogP contribution in [0.4, 0.5) is 0 Å². The van der Waals surface area contributed by atoms with Gasteiger partial charge in [0.25, 0.3) is 5.91 Å². The molecule has 0 atom stereocenters. The zero-order chi connectivity index (χ0) is 17.1. The molecule has 0 fully saturated rings. The number of carbonyl (C=O) groups is 1. The minimum Gasteiger partial charge on any atom is -0.494 e. The van der Waals surface area contributed by atoms with Crippen molar-refractivity contribution in [3.63, 3.8) is 0 Å². The third-order valence-corrected chi connectivity index (χ3v) is 3.34. The maximum atomic E-state index is 12.2. The summed E-state index contributed by atoms with van der Waals surface area (Å²) in [7, 11) is 1.65. The van der Waals surface area contributed by atoms with E-state index in [9.17, 15) is 4.79 Å². The van der Waals surface area contributed by atoms with E-state index in [0.717, 1.165) is 12.8 Å². The summed E-state index contributed by atoms with van der Waals surface area (Å²) >= 11 is 5.10. The van der Waals surface area contributed by atoms with Gasteiger partial charge in [-0.05, 0) is 49.2 Å². The molecule has 0 spiro atoms. The SMILES string of the molecule is COCCCNC(=S)NC(=O)c1cccc(OCCC(C)C)c1. The number of hydrogen-bond acceptors (Lipinski definition) is 4. The van der Waals surface area contributed by atoms with Crippen LogP contribution in [0.2, 0.25) is 0 Å². The van der Waals surface area contributed by atoms with Crippen LogP contribution in [-0.2, 0) is 4.74 Å². The Hall–Kier alpha value is -1.66. The molecule has 6 heteroatoms. The van der Waals surface area contributed by atoms with Crippen molar-refractivity contribution in [3.05, 3.63) is 29.8 Å². The maximum absolute atomic E-state index is 12.2. The lowest BCUT2D eigenvalue weighted by Gasteiger charge is -2.11. The molecule has 1 aromatic carbocycles. The Morgan fingerprint density at radius 3 is 2.78 bits per heavy atom. The third kappa shape index (κ3) is 8.52. The molecular weight excluding hydrogens is 312 g/mol. The van der Waals surface area contributed by atoms with E-state index in [1.54, 1.807) is 25.3 Å². The molecule has 0 aliphatic heterocycles. The van der Waals surface area contributed by atoms with Gasteiger partial charge in [-0.25, -0.2) is 0 Å². The first-order chi connectivity index (χ1) is 11.0. The van der Waals surface area contributed by atoms with Gasteiger partial charge in [0.15, 0.2) is 5.11 Å². The predicted molar refractivity (Wildman–Crippen MR) is 96.0 cm³/mol. The van der Waals surface area contributed by atoms with Gasteiger partial charge in [-0.15, -0.1) is 0 Å². The standard InChI is InChI=1S/C17H26N2O3S/c1-13(2)8-11-22-15-7-4-6-14(12-15)16(20)19-17(23)18-9-5-10-21-3/h4,6-7,12-13H,5,8-11H2,1-3H3,(H2,18,19,20,23). The minimum atomic E-state index is -0.247. The number of amides is 1. The Morgan fingerprint density at radius 1 is 1.30 bits per heavy atom. The van der Waals surface area contributed by atoms with Crippen LogP contribution in [0.1, 0.15) is 37.0 Å². The number of thiocarbonyl (C=S) groups is 1. The number of nitrogens with one attached hydrogen (secondary N) is 2. The van der Waals surface area contributed by atoms with Crippen molar-refractivity contribution in [2.24, 2.45) is 5.92 Å². The molecule has 23 heavy (non-hydrogen) atoms. The van der Waals surface area contributed by atoms with Crippen LogP contribution in [0.5, 0.6) is 5.75 Å². The van der Waals surface area contributed by atoms with Gasteiger partial charge in [-0.3, -0.25) is 10.1 Å². The first-order valence-electron chi connectivity index (χ1n) is 7.84. The zero-order valence-corrected chi connectivity index (χ0v) is 14.9. The highest BCUT2D eigenvalue weighted by Gasteiger charge is 2.08. The number of methoxy groups -OCH3 is 1. The monoisotopic (exact) mass is 338 g/mol. The topological polar surface area (TPSA) is 59.6 Å². The molecule has 1 aromatic rings. The van der Waals surface area contributed by atoms with Crippen molar-refractivity contribution in [2.45, 2.75) is 26.7 Å². The Bertz CT molecular complexity index is 506. The van der Waals surface area contributed by atoms with Gasteiger partial charge < -0.3 is 14.8 Å². The molecule has 0 bridgehead atoms. The van der Waals surface area contributed by atoms with Crippen LogP contribution in [0.25, 0.3) is 0 Å². The summed E-state index contributed by atoms with van der Waals surface area (Å²) in [6, 6.07) is 7.11. The second kappa shape index (κ2) is 11.0. The Morgan fingerprint density at radius 2 is 2.09 bits per heavy atom. The summed E-state index contributed by atoms with van der Waals surface area (Å²) in [5, 5.41) is 5.94. The van der Waals surface area contributed by atoms with E-state index >= 15 is 0 Å². The summed E-state index contributed by atoms with van der Waals surface area (Å²) in [6.07, 6.45) is 1.80. The smallest absolute Gasteiger partial charge is 0.257 e. The average molecular weight is 338 g/mol. The van der Waals surface area contributed by atoms with Crippen molar-refractivity contribution < 1.29 is 14.3 Å². The number of hydrogen-bond donors (Lipinski definition) is 2. The number of rotatable bonds is 9. The highest BCUT2D eigenvalue weighted by Crippen LogP contribution is 2.14. The lowest BCUT2D eigenvalue weighted by Crippen LogP contribution is -2.39. The van der Waals surface area contributed by atoms with Crippen LogP contribution in [-0.4, -0.2) is 37.9 Å². The minimum absolute atomic E-state index is 0.247. The molecule has 0 heterocycles. The highest BCUT2D eigenvalue weighted by atomic mass is 32.1. The summed E-state index contributed by atoms with van der Waals surface area (Å²) in [6.45, 7) is 6.24. The molecular formula is C17H26N2O3S. The van der Waals surface area contributed by atoms with Gasteiger partial charge in [-0.2, -0.15) is 0 Å². The molecule has 0 radical (unpaired) electrons. The fourth-order valence-electron chi connectivity index (χ4n) is 1.78. The van der Waals surface area contributed by atoms with E-state index in [0.29, 0.717) is 42.1 Å². The van der Waals surface area contributed by atoms with Crippen LogP contribution in [0.15, 0.2) is 24.3 Å². The molecule has 0 saturated heterocycles. The van der Waals surface area contributed by atoms with Gasteiger partial charge in [-0.1, -0.05) is 19.9 Å². The molecule has 0 unspecified atom stereocenters. The number of ether oxygens (including phenoxy) is 2. The van der Waals surface area contributed by atoms with E-state index in [1.807, 2.05) is 6.07 Å². The van der Waals surface area contributed by atoms with Gasteiger partial charge in [0, 0.05) is 25.8 Å². The number of carbonyl (C=O) groups excluding carboxylic acids is 1. The van der Waals surface area contributed by atoms with Crippen LogP contribution in [0, 0.1) is 5.92 Å². The van der Waals surface area contributed by atoms with E-state index in [4.69, 9.17) is 21.7 Å². The summed E-state index contributed by atoms with van der Waals surface area (Å²) in [5.41, 5.74) is 0.521. The fraction of sp³-hybridized carbons (Fsp3) is 0.529. The largest absolute Gasteiger partial charge is 0.494 e. The summed E-state index contributed by atoms with van der Waals surface area (Å²) in [4.78, 5) is 12.2. The van der Waals surface area contributed by atoms with Crippen molar-refractivity contribution in [2.75, 3.05) is 26.9 Å². The molecule has 1 amide bonds. The average Bonchev–Trinajstić information content (AvgIpc) is 2.51.